The molecule has 1 aromatic rings. The van der Waals surface area contributed by atoms with E-state index in [1.807, 2.05) is 6.26 Å². The van der Waals surface area contributed by atoms with E-state index in [2.05, 4.69) is 15.0 Å². The van der Waals surface area contributed by atoms with Crippen molar-refractivity contribution >= 4 is 23.6 Å². The van der Waals surface area contributed by atoms with Gasteiger partial charge < -0.3 is 15.2 Å². The third kappa shape index (κ3) is 3.71. The minimum atomic E-state index is -1.37. The van der Waals surface area contributed by atoms with Crippen molar-refractivity contribution in [2.75, 3.05) is 19.9 Å². The van der Waals surface area contributed by atoms with Gasteiger partial charge in [-0.3, -0.25) is 4.79 Å². The van der Waals surface area contributed by atoms with E-state index in [-0.39, 0.29) is 6.54 Å². The van der Waals surface area contributed by atoms with Gasteiger partial charge in [0.2, 0.25) is 0 Å². The Labute approximate surface area is 109 Å². The molecule has 1 amide bonds. The largest absolute Gasteiger partial charge is 0.467 e. The lowest BCUT2D eigenvalue weighted by Gasteiger charge is -2.10. The van der Waals surface area contributed by atoms with Crippen LogP contribution >= 0.6 is 11.8 Å². The van der Waals surface area contributed by atoms with Crippen molar-refractivity contribution in [3.8, 4) is 0 Å². The molecule has 0 saturated heterocycles. The highest BCUT2D eigenvalue weighted by Crippen LogP contribution is 2.16. The summed E-state index contributed by atoms with van der Waals surface area (Å²) in [6.07, 6.45) is 2.03. The van der Waals surface area contributed by atoms with Crippen LogP contribution in [-0.4, -0.2) is 48.0 Å². The molecule has 0 fully saturated rings. The van der Waals surface area contributed by atoms with Gasteiger partial charge in [0, 0.05) is 6.20 Å². The Bertz CT molecular complexity index is 439. The number of thioether (sulfide) groups is 1. The standard InChI is InChI=1S/C11H14N2O4S/c1-17-11(16)8(14)6-13-9(15)7-4-3-5-12-10(7)18-2/h3-5,8,14H,6H2,1-2H3,(H,13,15). The molecule has 1 unspecified atom stereocenters. The Morgan fingerprint density at radius 1 is 1.61 bits per heavy atom. The van der Waals surface area contributed by atoms with Gasteiger partial charge in [-0.1, -0.05) is 0 Å². The average Bonchev–Trinajstić information content (AvgIpc) is 2.43. The van der Waals surface area contributed by atoms with Crippen molar-refractivity contribution < 1.29 is 19.4 Å². The van der Waals surface area contributed by atoms with Crippen LogP contribution in [0.15, 0.2) is 23.4 Å². The zero-order valence-electron chi connectivity index (χ0n) is 10.0. The molecule has 7 heteroatoms. The van der Waals surface area contributed by atoms with Crippen LogP contribution in [0.4, 0.5) is 0 Å². The van der Waals surface area contributed by atoms with Crippen molar-refractivity contribution in [3.05, 3.63) is 23.9 Å². The summed E-state index contributed by atoms with van der Waals surface area (Å²) in [7, 11) is 1.17. The maximum Gasteiger partial charge on any atom is 0.336 e. The van der Waals surface area contributed by atoms with E-state index in [1.54, 1.807) is 18.3 Å². The van der Waals surface area contributed by atoms with Crippen molar-refractivity contribution in [2.24, 2.45) is 0 Å². The third-order valence-corrected chi connectivity index (χ3v) is 2.85. The number of ether oxygens (including phenoxy) is 1. The second-order valence-electron chi connectivity index (χ2n) is 3.31. The highest BCUT2D eigenvalue weighted by molar-refractivity contribution is 7.98. The summed E-state index contributed by atoms with van der Waals surface area (Å²) in [5.74, 6) is -1.18. The lowest BCUT2D eigenvalue weighted by Crippen LogP contribution is -2.37. The molecule has 98 valence electrons. The summed E-state index contributed by atoms with van der Waals surface area (Å²) in [5.41, 5.74) is 0.405. The van der Waals surface area contributed by atoms with Crippen LogP contribution < -0.4 is 5.32 Å². The first kappa shape index (κ1) is 14.5. The molecular weight excluding hydrogens is 256 g/mol. The third-order valence-electron chi connectivity index (χ3n) is 2.14. The monoisotopic (exact) mass is 270 g/mol. The number of aliphatic hydroxyl groups is 1. The summed E-state index contributed by atoms with van der Waals surface area (Å²) >= 11 is 1.34. The fraction of sp³-hybridized carbons (Fsp3) is 0.364. The zero-order chi connectivity index (χ0) is 13.5. The number of amides is 1. The second kappa shape index (κ2) is 6.97. The molecule has 0 bridgehead atoms. The maximum atomic E-state index is 11.8. The van der Waals surface area contributed by atoms with Crippen molar-refractivity contribution in [1.82, 2.24) is 10.3 Å². The molecular formula is C11H14N2O4S. The molecule has 0 aliphatic carbocycles. The van der Waals surface area contributed by atoms with Gasteiger partial charge in [0.05, 0.1) is 19.2 Å². The number of nitrogens with one attached hydrogen (secondary N) is 1. The lowest BCUT2D eigenvalue weighted by atomic mass is 10.2. The number of aliphatic hydroxyl groups excluding tert-OH is 1. The first-order valence-corrected chi connectivity index (χ1v) is 6.35. The van der Waals surface area contributed by atoms with Crippen LogP contribution in [0.2, 0.25) is 0 Å². The molecule has 0 saturated carbocycles. The highest BCUT2D eigenvalue weighted by Gasteiger charge is 2.18. The predicted molar refractivity (Wildman–Crippen MR) is 66.4 cm³/mol. The fourth-order valence-electron chi connectivity index (χ4n) is 1.23. The molecule has 1 atom stereocenters. The second-order valence-corrected chi connectivity index (χ2v) is 4.10. The highest BCUT2D eigenvalue weighted by atomic mass is 32.2. The number of hydrogen-bond acceptors (Lipinski definition) is 6. The summed E-state index contributed by atoms with van der Waals surface area (Å²) in [5, 5.41) is 12.4. The van der Waals surface area contributed by atoms with Crippen LogP contribution in [-0.2, 0) is 9.53 Å². The molecule has 1 heterocycles. The van der Waals surface area contributed by atoms with E-state index >= 15 is 0 Å². The van der Waals surface area contributed by atoms with E-state index in [0.29, 0.717) is 10.6 Å². The van der Waals surface area contributed by atoms with Crippen LogP contribution in [0, 0.1) is 0 Å². The normalized spacial score (nSPS) is 11.7. The molecule has 2 N–H and O–H groups in total. The molecule has 0 aliphatic heterocycles. The summed E-state index contributed by atoms with van der Waals surface area (Å²) < 4.78 is 4.34. The van der Waals surface area contributed by atoms with Crippen molar-refractivity contribution in [1.29, 1.82) is 0 Å². The average molecular weight is 270 g/mol. The number of carbonyl (C=O) groups excluding carboxylic acids is 2. The smallest absolute Gasteiger partial charge is 0.336 e. The molecule has 0 spiro atoms. The number of esters is 1. The molecule has 0 aromatic carbocycles. The molecule has 0 aliphatic rings. The topological polar surface area (TPSA) is 88.5 Å². The zero-order valence-corrected chi connectivity index (χ0v) is 10.9. The van der Waals surface area contributed by atoms with E-state index in [0.717, 1.165) is 0 Å². The van der Waals surface area contributed by atoms with Gasteiger partial charge in [0.25, 0.3) is 5.91 Å². The Morgan fingerprint density at radius 3 is 2.94 bits per heavy atom. The van der Waals surface area contributed by atoms with Crippen LogP contribution in [0.1, 0.15) is 10.4 Å². The number of hydrogen-bond donors (Lipinski definition) is 2. The van der Waals surface area contributed by atoms with Gasteiger partial charge in [-0.2, -0.15) is 0 Å². The van der Waals surface area contributed by atoms with E-state index < -0.39 is 18.0 Å². The first-order valence-electron chi connectivity index (χ1n) is 5.13. The number of pyridine rings is 1. The van der Waals surface area contributed by atoms with Gasteiger partial charge >= 0.3 is 5.97 Å². The van der Waals surface area contributed by atoms with E-state index in [9.17, 15) is 14.7 Å². The van der Waals surface area contributed by atoms with Gasteiger partial charge in [-0.05, 0) is 18.4 Å². The summed E-state index contributed by atoms with van der Waals surface area (Å²) in [6, 6.07) is 3.27. The Morgan fingerprint density at radius 2 is 2.33 bits per heavy atom. The van der Waals surface area contributed by atoms with Gasteiger partial charge in [0.15, 0.2) is 6.10 Å². The lowest BCUT2D eigenvalue weighted by molar-refractivity contribution is -0.149. The van der Waals surface area contributed by atoms with Crippen LogP contribution in [0.5, 0.6) is 0 Å². The molecule has 18 heavy (non-hydrogen) atoms. The van der Waals surface area contributed by atoms with Crippen molar-refractivity contribution in [2.45, 2.75) is 11.1 Å². The van der Waals surface area contributed by atoms with Gasteiger partial charge in [-0.25, -0.2) is 9.78 Å². The van der Waals surface area contributed by atoms with Crippen LogP contribution in [0.25, 0.3) is 0 Å². The Balaban J connectivity index is 2.63. The minimum Gasteiger partial charge on any atom is -0.467 e. The fourth-order valence-corrected chi connectivity index (χ4v) is 1.78. The van der Waals surface area contributed by atoms with Gasteiger partial charge in [0.1, 0.15) is 5.03 Å². The number of nitrogens with zero attached hydrogens (tertiary/aromatic N) is 1. The predicted octanol–water partition coefficient (Wildman–Crippen LogP) is 0.0672. The minimum absolute atomic E-state index is 0.200. The molecule has 0 radical (unpaired) electrons. The summed E-state index contributed by atoms with van der Waals surface area (Å²) in [4.78, 5) is 26.8. The molecule has 1 rings (SSSR count). The quantitative estimate of drug-likeness (QED) is 0.581. The van der Waals surface area contributed by atoms with E-state index in [1.165, 1.54) is 18.9 Å². The summed E-state index contributed by atoms with van der Waals surface area (Å²) in [6.45, 7) is -0.200. The Hall–Kier alpha value is -1.60. The van der Waals surface area contributed by atoms with Crippen LogP contribution in [0.3, 0.4) is 0 Å². The number of carbonyl (C=O) groups is 2. The number of rotatable bonds is 5. The Kier molecular flexibility index (Phi) is 5.60. The SMILES string of the molecule is COC(=O)C(O)CNC(=O)c1cccnc1SC. The molecule has 1 aromatic heterocycles. The van der Waals surface area contributed by atoms with E-state index in [4.69, 9.17) is 0 Å². The van der Waals surface area contributed by atoms with Gasteiger partial charge in [-0.15, -0.1) is 11.8 Å². The maximum absolute atomic E-state index is 11.8. The first-order chi connectivity index (χ1) is 8.60. The molecule has 6 nitrogen and oxygen atoms in total. The number of aromatic nitrogens is 1. The van der Waals surface area contributed by atoms with Crippen molar-refractivity contribution in [3.63, 3.8) is 0 Å². The number of methoxy groups -OCH3 is 1.